The summed E-state index contributed by atoms with van der Waals surface area (Å²) in [7, 11) is 0. The van der Waals surface area contributed by atoms with Gasteiger partial charge in [-0.25, -0.2) is 0 Å². The SMILES string of the molecule is CC1C(=O)CC(=O)C(C)(C)C1=O. The predicted octanol–water partition coefficient (Wildman–Crippen LogP) is 0.760. The van der Waals surface area contributed by atoms with Gasteiger partial charge in [0.05, 0.1) is 17.8 Å². The summed E-state index contributed by atoms with van der Waals surface area (Å²) in [5, 5.41) is 0. The number of rotatable bonds is 0. The molecule has 1 fully saturated rings. The Labute approximate surface area is 71.1 Å². The minimum Gasteiger partial charge on any atom is -0.298 e. The fourth-order valence-electron chi connectivity index (χ4n) is 1.36. The van der Waals surface area contributed by atoms with Gasteiger partial charge in [0.25, 0.3) is 0 Å². The third kappa shape index (κ3) is 1.09. The van der Waals surface area contributed by atoms with Gasteiger partial charge in [0, 0.05) is 0 Å². The molecule has 1 aliphatic rings. The summed E-state index contributed by atoms with van der Waals surface area (Å²) in [6, 6.07) is 0. The lowest BCUT2D eigenvalue weighted by molar-refractivity contribution is -0.149. The van der Waals surface area contributed by atoms with Crippen LogP contribution in [0.1, 0.15) is 27.2 Å². The van der Waals surface area contributed by atoms with Crippen LogP contribution in [-0.2, 0) is 14.4 Å². The first-order valence-corrected chi connectivity index (χ1v) is 3.97. The van der Waals surface area contributed by atoms with E-state index in [9.17, 15) is 14.4 Å². The molecule has 0 heterocycles. The Kier molecular flexibility index (Phi) is 1.90. The molecule has 3 nitrogen and oxygen atoms in total. The van der Waals surface area contributed by atoms with Crippen molar-refractivity contribution in [3.63, 3.8) is 0 Å². The molecular formula is C9H12O3. The molecule has 1 atom stereocenters. The van der Waals surface area contributed by atoms with Crippen molar-refractivity contribution in [2.75, 3.05) is 0 Å². The molecule has 3 heteroatoms. The standard InChI is InChI=1S/C9H12O3/c1-5-6(10)4-7(11)9(2,3)8(5)12/h5H,4H2,1-3H3. The molecule has 0 aromatic heterocycles. The van der Waals surface area contributed by atoms with Gasteiger partial charge >= 0.3 is 0 Å². The zero-order chi connectivity index (χ0) is 9.52. The summed E-state index contributed by atoms with van der Waals surface area (Å²) in [6.45, 7) is 4.74. The second kappa shape index (κ2) is 2.51. The van der Waals surface area contributed by atoms with E-state index in [1.807, 2.05) is 0 Å². The highest BCUT2D eigenvalue weighted by molar-refractivity contribution is 6.24. The first kappa shape index (κ1) is 9.10. The Bertz CT molecular complexity index is 263. The van der Waals surface area contributed by atoms with Crippen molar-refractivity contribution in [3.05, 3.63) is 0 Å². The second-order valence-corrected chi connectivity index (χ2v) is 3.78. The summed E-state index contributed by atoms with van der Waals surface area (Å²) in [4.78, 5) is 33.7. The monoisotopic (exact) mass is 168 g/mol. The van der Waals surface area contributed by atoms with Gasteiger partial charge < -0.3 is 0 Å². The first-order valence-electron chi connectivity index (χ1n) is 3.97. The van der Waals surface area contributed by atoms with E-state index in [4.69, 9.17) is 0 Å². The Balaban J connectivity index is 3.04. The summed E-state index contributed by atoms with van der Waals surface area (Å²) >= 11 is 0. The number of hydrogen-bond acceptors (Lipinski definition) is 3. The molecule has 0 radical (unpaired) electrons. The molecule has 0 amide bonds. The summed E-state index contributed by atoms with van der Waals surface area (Å²) in [5.74, 6) is -1.35. The Morgan fingerprint density at radius 3 is 2.25 bits per heavy atom. The lowest BCUT2D eigenvalue weighted by atomic mass is 9.70. The van der Waals surface area contributed by atoms with E-state index in [2.05, 4.69) is 0 Å². The molecule has 0 aliphatic heterocycles. The van der Waals surface area contributed by atoms with Gasteiger partial charge in [0.2, 0.25) is 0 Å². The van der Waals surface area contributed by atoms with E-state index in [1.165, 1.54) is 0 Å². The maximum atomic E-state index is 11.4. The van der Waals surface area contributed by atoms with Crippen molar-refractivity contribution in [2.45, 2.75) is 27.2 Å². The molecule has 0 aromatic carbocycles. The van der Waals surface area contributed by atoms with Crippen molar-refractivity contribution in [2.24, 2.45) is 11.3 Å². The Hall–Kier alpha value is -0.990. The van der Waals surface area contributed by atoms with E-state index in [-0.39, 0.29) is 23.8 Å². The maximum absolute atomic E-state index is 11.4. The van der Waals surface area contributed by atoms with Gasteiger partial charge in [0.1, 0.15) is 5.78 Å². The van der Waals surface area contributed by atoms with Crippen LogP contribution in [0.3, 0.4) is 0 Å². The lowest BCUT2D eigenvalue weighted by Crippen LogP contribution is -2.46. The van der Waals surface area contributed by atoms with E-state index in [1.54, 1.807) is 20.8 Å². The number of carbonyl (C=O) groups is 3. The third-order valence-electron chi connectivity index (χ3n) is 2.52. The van der Waals surface area contributed by atoms with Crippen LogP contribution in [-0.4, -0.2) is 17.3 Å². The van der Waals surface area contributed by atoms with Gasteiger partial charge in [-0.2, -0.15) is 0 Å². The van der Waals surface area contributed by atoms with Gasteiger partial charge in [-0.15, -0.1) is 0 Å². The fraction of sp³-hybridized carbons (Fsp3) is 0.667. The highest BCUT2D eigenvalue weighted by Crippen LogP contribution is 2.30. The molecule has 0 bridgehead atoms. The topological polar surface area (TPSA) is 51.2 Å². The molecule has 0 spiro atoms. The second-order valence-electron chi connectivity index (χ2n) is 3.78. The minimum absolute atomic E-state index is 0.0834. The zero-order valence-corrected chi connectivity index (χ0v) is 7.51. The molecule has 0 aromatic rings. The minimum atomic E-state index is -0.951. The molecule has 0 N–H and O–H groups in total. The van der Waals surface area contributed by atoms with Crippen molar-refractivity contribution >= 4 is 17.3 Å². The largest absolute Gasteiger partial charge is 0.298 e. The normalized spacial score (nSPS) is 29.2. The van der Waals surface area contributed by atoms with Crippen LogP contribution in [0.5, 0.6) is 0 Å². The van der Waals surface area contributed by atoms with Gasteiger partial charge in [-0.05, 0) is 20.8 Å². The van der Waals surface area contributed by atoms with Crippen molar-refractivity contribution in [1.82, 2.24) is 0 Å². The predicted molar refractivity (Wildman–Crippen MR) is 42.6 cm³/mol. The van der Waals surface area contributed by atoms with Crippen LogP contribution >= 0.6 is 0 Å². The van der Waals surface area contributed by atoms with Crippen LogP contribution in [0.15, 0.2) is 0 Å². The average Bonchev–Trinajstić information content (AvgIpc) is 1.99. The van der Waals surface area contributed by atoms with Gasteiger partial charge in [-0.3, -0.25) is 14.4 Å². The fourth-order valence-corrected chi connectivity index (χ4v) is 1.36. The van der Waals surface area contributed by atoms with Crippen LogP contribution in [0, 0.1) is 11.3 Å². The molecule has 1 saturated carbocycles. The maximum Gasteiger partial charge on any atom is 0.156 e. The lowest BCUT2D eigenvalue weighted by Gasteiger charge is -2.29. The Morgan fingerprint density at radius 2 is 1.75 bits per heavy atom. The summed E-state index contributed by atoms with van der Waals surface area (Å²) in [6.07, 6.45) is -0.0834. The molecule has 66 valence electrons. The molecule has 0 saturated heterocycles. The molecule has 1 unspecified atom stereocenters. The van der Waals surface area contributed by atoms with Gasteiger partial charge in [0.15, 0.2) is 11.6 Å². The van der Waals surface area contributed by atoms with E-state index in [0.717, 1.165) is 0 Å². The van der Waals surface area contributed by atoms with Crippen molar-refractivity contribution in [1.29, 1.82) is 0 Å². The summed E-state index contributed by atoms with van der Waals surface area (Å²) in [5.41, 5.74) is -0.951. The van der Waals surface area contributed by atoms with Crippen molar-refractivity contribution in [3.8, 4) is 0 Å². The third-order valence-corrected chi connectivity index (χ3v) is 2.52. The molecule has 1 rings (SSSR count). The number of Topliss-reactive ketones (excluding diaryl/α,β-unsaturated/α-hetero) is 3. The average molecular weight is 168 g/mol. The van der Waals surface area contributed by atoms with Crippen molar-refractivity contribution < 1.29 is 14.4 Å². The van der Waals surface area contributed by atoms with Crippen LogP contribution in [0.25, 0.3) is 0 Å². The van der Waals surface area contributed by atoms with E-state index < -0.39 is 11.3 Å². The number of hydrogen-bond donors (Lipinski definition) is 0. The Morgan fingerprint density at radius 1 is 1.25 bits per heavy atom. The molecular weight excluding hydrogens is 156 g/mol. The molecule has 12 heavy (non-hydrogen) atoms. The first-order chi connectivity index (χ1) is 5.37. The molecule has 1 aliphatic carbocycles. The van der Waals surface area contributed by atoms with Gasteiger partial charge in [-0.1, -0.05) is 0 Å². The summed E-state index contributed by atoms with van der Waals surface area (Å²) < 4.78 is 0. The zero-order valence-electron chi connectivity index (χ0n) is 7.51. The van der Waals surface area contributed by atoms with E-state index >= 15 is 0 Å². The quantitative estimate of drug-likeness (QED) is 0.502. The van der Waals surface area contributed by atoms with E-state index in [0.29, 0.717) is 0 Å². The number of carbonyl (C=O) groups excluding carboxylic acids is 3. The smallest absolute Gasteiger partial charge is 0.156 e. The highest BCUT2D eigenvalue weighted by atomic mass is 16.2. The number of ketones is 3. The van der Waals surface area contributed by atoms with Crippen LogP contribution in [0.4, 0.5) is 0 Å². The highest BCUT2D eigenvalue weighted by Gasteiger charge is 2.45. The van der Waals surface area contributed by atoms with Crippen LogP contribution < -0.4 is 0 Å². The van der Waals surface area contributed by atoms with Crippen LogP contribution in [0.2, 0.25) is 0 Å².